The summed E-state index contributed by atoms with van der Waals surface area (Å²) in [6.07, 6.45) is 0. The quantitative estimate of drug-likeness (QED) is 0.889. The van der Waals surface area contributed by atoms with Crippen molar-refractivity contribution in [1.82, 2.24) is 15.1 Å². The first kappa shape index (κ1) is 14.9. The molecule has 1 aromatic carbocycles. The third-order valence-electron chi connectivity index (χ3n) is 3.40. The predicted octanol–water partition coefficient (Wildman–Crippen LogP) is 0.828. The van der Waals surface area contributed by atoms with Crippen LogP contribution < -0.4 is 5.32 Å². The van der Waals surface area contributed by atoms with Crippen molar-refractivity contribution in [3.63, 3.8) is 0 Å². The Hall–Kier alpha value is -1.53. The van der Waals surface area contributed by atoms with Crippen molar-refractivity contribution in [2.45, 2.75) is 6.54 Å². The molecule has 20 heavy (non-hydrogen) atoms. The zero-order valence-electron chi connectivity index (χ0n) is 11.5. The van der Waals surface area contributed by atoms with Crippen LogP contribution in [0.15, 0.2) is 18.2 Å². The van der Waals surface area contributed by atoms with Gasteiger partial charge in [0.25, 0.3) is 0 Å². The summed E-state index contributed by atoms with van der Waals surface area (Å²) in [4.78, 5) is 15.7. The summed E-state index contributed by atoms with van der Waals surface area (Å²) < 4.78 is 25.9. The van der Waals surface area contributed by atoms with Gasteiger partial charge in [0.15, 0.2) is 11.6 Å². The van der Waals surface area contributed by atoms with Crippen molar-refractivity contribution in [1.29, 1.82) is 0 Å². The normalized spacial score (nSPS) is 16.1. The average Bonchev–Trinajstić information content (AvgIpc) is 2.44. The molecule has 1 saturated heterocycles. The van der Waals surface area contributed by atoms with Crippen LogP contribution in [0.1, 0.15) is 5.56 Å². The summed E-state index contributed by atoms with van der Waals surface area (Å²) in [5.41, 5.74) is 0.583. The van der Waals surface area contributed by atoms with E-state index in [1.54, 1.807) is 7.05 Å². The van der Waals surface area contributed by atoms with E-state index in [0.29, 0.717) is 12.1 Å². The number of nitrogens with one attached hydrogen (secondary N) is 1. The van der Waals surface area contributed by atoms with Crippen molar-refractivity contribution in [3.05, 3.63) is 35.4 Å². The Labute approximate surface area is 117 Å². The molecule has 0 unspecified atom stereocenters. The molecule has 1 heterocycles. The van der Waals surface area contributed by atoms with Crippen molar-refractivity contribution < 1.29 is 13.6 Å². The second-order valence-electron chi connectivity index (χ2n) is 5.02. The molecule has 0 aromatic heterocycles. The Kier molecular flexibility index (Phi) is 5.03. The van der Waals surface area contributed by atoms with Crippen LogP contribution >= 0.6 is 0 Å². The van der Waals surface area contributed by atoms with Gasteiger partial charge in [-0.1, -0.05) is 6.07 Å². The summed E-state index contributed by atoms with van der Waals surface area (Å²) in [7, 11) is 1.67. The zero-order valence-corrected chi connectivity index (χ0v) is 11.5. The van der Waals surface area contributed by atoms with Crippen LogP contribution in [0.5, 0.6) is 0 Å². The molecule has 1 amide bonds. The lowest BCUT2D eigenvalue weighted by atomic mass is 10.2. The lowest BCUT2D eigenvalue weighted by Gasteiger charge is -2.28. The molecular formula is C14H19F2N3O. The van der Waals surface area contributed by atoms with Gasteiger partial charge in [-0.15, -0.1) is 0 Å². The molecule has 110 valence electrons. The number of carbonyl (C=O) groups is 1. The number of piperazine rings is 1. The Bertz CT molecular complexity index is 475. The molecule has 0 bridgehead atoms. The second-order valence-corrected chi connectivity index (χ2v) is 5.02. The van der Waals surface area contributed by atoms with Crippen molar-refractivity contribution in [2.24, 2.45) is 0 Å². The van der Waals surface area contributed by atoms with Crippen LogP contribution in [0.3, 0.4) is 0 Å². The summed E-state index contributed by atoms with van der Waals surface area (Å²) >= 11 is 0. The van der Waals surface area contributed by atoms with Crippen molar-refractivity contribution in [3.8, 4) is 0 Å². The van der Waals surface area contributed by atoms with Gasteiger partial charge in [-0.2, -0.15) is 0 Å². The van der Waals surface area contributed by atoms with Gasteiger partial charge in [-0.25, -0.2) is 8.78 Å². The van der Waals surface area contributed by atoms with E-state index in [9.17, 15) is 13.6 Å². The van der Waals surface area contributed by atoms with E-state index < -0.39 is 11.6 Å². The third-order valence-corrected chi connectivity index (χ3v) is 3.40. The lowest BCUT2D eigenvalue weighted by Crippen LogP contribution is -2.47. The fourth-order valence-corrected chi connectivity index (χ4v) is 2.18. The predicted molar refractivity (Wildman–Crippen MR) is 72.1 cm³/mol. The summed E-state index contributed by atoms with van der Waals surface area (Å²) in [6, 6.07) is 3.70. The Morgan fingerprint density at radius 1 is 1.30 bits per heavy atom. The van der Waals surface area contributed by atoms with E-state index in [2.05, 4.69) is 10.2 Å². The molecule has 1 aliphatic heterocycles. The first-order valence-electron chi connectivity index (χ1n) is 6.67. The maximum Gasteiger partial charge on any atom is 0.236 e. The fraction of sp³-hybridized carbons (Fsp3) is 0.500. The molecule has 1 aromatic rings. The van der Waals surface area contributed by atoms with Gasteiger partial charge in [0.05, 0.1) is 6.54 Å². The molecule has 2 rings (SSSR count). The fourth-order valence-electron chi connectivity index (χ4n) is 2.18. The Balaban J connectivity index is 1.88. The number of hydrogen-bond acceptors (Lipinski definition) is 3. The SMILES string of the molecule is CN(Cc1ccc(F)c(F)c1)C(=O)CN1CCNCC1. The van der Waals surface area contributed by atoms with Crippen LogP contribution in [0.25, 0.3) is 0 Å². The number of halogens is 2. The van der Waals surface area contributed by atoms with Crippen LogP contribution in [0.2, 0.25) is 0 Å². The number of rotatable bonds is 4. The van der Waals surface area contributed by atoms with Gasteiger partial charge in [0.1, 0.15) is 0 Å². The summed E-state index contributed by atoms with van der Waals surface area (Å²) in [5.74, 6) is -1.77. The van der Waals surface area contributed by atoms with Crippen LogP contribution in [0, 0.1) is 11.6 Å². The van der Waals surface area contributed by atoms with Gasteiger partial charge in [-0.3, -0.25) is 9.69 Å². The minimum atomic E-state index is -0.884. The maximum atomic E-state index is 13.1. The van der Waals surface area contributed by atoms with E-state index in [4.69, 9.17) is 0 Å². The highest BCUT2D eigenvalue weighted by Crippen LogP contribution is 2.10. The molecule has 0 aliphatic carbocycles. The van der Waals surface area contributed by atoms with E-state index in [1.165, 1.54) is 11.0 Å². The standard InChI is InChI=1S/C14H19F2N3O/c1-18(9-11-2-3-12(15)13(16)8-11)14(20)10-19-6-4-17-5-7-19/h2-3,8,17H,4-7,9-10H2,1H3. The minimum absolute atomic E-state index is 0.0170. The van der Waals surface area contributed by atoms with Gasteiger partial charge >= 0.3 is 0 Å². The van der Waals surface area contributed by atoms with Gasteiger partial charge in [0.2, 0.25) is 5.91 Å². The smallest absolute Gasteiger partial charge is 0.236 e. The van der Waals surface area contributed by atoms with Crippen LogP contribution in [0.4, 0.5) is 8.78 Å². The molecule has 0 atom stereocenters. The summed E-state index contributed by atoms with van der Waals surface area (Å²) in [6.45, 7) is 4.12. The van der Waals surface area contributed by atoms with Crippen molar-refractivity contribution >= 4 is 5.91 Å². The number of likely N-dealkylation sites (N-methyl/N-ethyl adjacent to an activating group) is 1. The number of amides is 1. The topological polar surface area (TPSA) is 35.6 Å². The highest BCUT2D eigenvalue weighted by molar-refractivity contribution is 5.78. The van der Waals surface area contributed by atoms with Gasteiger partial charge < -0.3 is 10.2 Å². The van der Waals surface area contributed by atoms with Gasteiger partial charge in [0, 0.05) is 39.8 Å². The largest absolute Gasteiger partial charge is 0.340 e. The Morgan fingerprint density at radius 2 is 2.00 bits per heavy atom. The Morgan fingerprint density at radius 3 is 2.65 bits per heavy atom. The molecule has 1 N–H and O–H groups in total. The third kappa shape index (κ3) is 3.98. The average molecular weight is 283 g/mol. The highest BCUT2D eigenvalue weighted by atomic mass is 19.2. The van der Waals surface area contributed by atoms with E-state index in [-0.39, 0.29) is 12.5 Å². The maximum absolute atomic E-state index is 13.1. The minimum Gasteiger partial charge on any atom is -0.340 e. The molecule has 6 heteroatoms. The molecule has 0 radical (unpaired) electrons. The first-order valence-corrected chi connectivity index (χ1v) is 6.67. The van der Waals surface area contributed by atoms with Crippen LogP contribution in [-0.2, 0) is 11.3 Å². The number of carbonyl (C=O) groups excluding carboxylic acids is 1. The number of nitrogens with zero attached hydrogens (tertiary/aromatic N) is 2. The molecule has 4 nitrogen and oxygen atoms in total. The molecule has 1 aliphatic rings. The second kappa shape index (κ2) is 6.76. The number of benzene rings is 1. The lowest BCUT2D eigenvalue weighted by molar-refractivity contribution is -0.131. The first-order chi connectivity index (χ1) is 9.56. The van der Waals surface area contributed by atoms with Gasteiger partial charge in [-0.05, 0) is 17.7 Å². The summed E-state index contributed by atoms with van der Waals surface area (Å²) in [5, 5.41) is 3.22. The molecule has 1 fully saturated rings. The zero-order chi connectivity index (χ0) is 14.5. The molecule has 0 saturated carbocycles. The molecular weight excluding hydrogens is 264 g/mol. The van der Waals surface area contributed by atoms with Crippen molar-refractivity contribution in [2.75, 3.05) is 39.8 Å². The number of hydrogen-bond donors (Lipinski definition) is 1. The van der Waals surface area contributed by atoms with E-state index >= 15 is 0 Å². The van der Waals surface area contributed by atoms with Crippen LogP contribution in [-0.4, -0.2) is 55.5 Å². The monoisotopic (exact) mass is 283 g/mol. The van der Waals surface area contributed by atoms with E-state index in [0.717, 1.165) is 38.3 Å². The highest BCUT2D eigenvalue weighted by Gasteiger charge is 2.16. The molecule has 0 spiro atoms. The van der Waals surface area contributed by atoms with E-state index in [1.807, 2.05) is 0 Å².